The molecule has 0 heterocycles. The average molecular weight is 444 g/mol. The molecule has 0 radical (unpaired) electrons. The van der Waals surface area contributed by atoms with Crippen LogP contribution in [0.25, 0.3) is 0 Å². The zero-order chi connectivity index (χ0) is 23.8. The first kappa shape index (κ1) is 24.0. The SMILES string of the molecule is COC(=O)[C@@H](NC(=O)c1ccc(NC(=O)c2ccc([N+](=O)[O-])cc2)cc1)[C@H](OC)C(N)=O. The Morgan fingerprint density at radius 2 is 1.47 bits per heavy atom. The maximum absolute atomic E-state index is 12.5. The predicted octanol–water partition coefficient (Wildman–Crippen LogP) is 0.619. The fraction of sp³-hybridized carbons (Fsp3) is 0.200. The standard InChI is InChI=1S/C20H20N4O8/c1-31-16(17(21)25)15(20(28)32-2)23-19(27)11-3-7-13(8-4-11)22-18(26)12-5-9-14(10-6-12)24(29)30/h3-10,15-16H,1-2H3,(H2,21,25)(H,22,26)(H,23,27)/t15-,16-/m0/s1. The predicted molar refractivity (Wildman–Crippen MR) is 111 cm³/mol. The number of rotatable bonds is 9. The number of carbonyl (C=O) groups is 4. The number of hydrogen-bond donors (Lipinski definition) is 3. The normalized spacial score (nSPS) is 12.2. The van der Waals surface area contributed by atoms with E-state index in [-0.39, 0.29) is 16.8 Å². The molecular formula is C20H20N4O8. The maximum Gasteiger partial charge on any atom is 0.331 e. The number of methoxy groups -OCH3 is 2. The fourth-order valence-electron chi connectivity index (χ4n) is 2.67. The Labute approximate surface area is 181 Å². The summed E-state index contributed by atoms with van der Waals surface area (Å²) in [4.78, 5) is 58.3. The van der Waals surface area contributed by atoms with Crippen LogP contribution in [0.2, 0.25) is 0 Å². The van der Waals surface area contributed by atoms with E-state index in [0.29, 0.717) is 5.69 Å². The molecule has 0 bridgehead atoms. The highest BCUT2D eigenvalue weighted by Gasteiger charge is 2.35. The van der Waals surface area contributed by atoms with Gasteiger partial charge in [-0.1, -0.05) is 0 Å². The molecule has 0 saturated heterocycles. The molecule has 0 unspecified atom stereocenters. The molecule has 0 aliphatic carbocycles. The number of non-ortho nitro benzene ring substituents is 1. The summed E-state index contributed by atoms with van der Waals surface area (Å²) in [7, 11) is 2.23. The van der Waals surface area contributed by atoms with Crippen LogP contribution in [-0.4, -0.2) is 55.0 Å². The lowest BCUT2D eigenvalue weighted by molar-refractivity contribution is -0.384. The molecule has 32 heavy (non-hydrogen) atoms. The quantitative estimate of drug-likeness (QED) is 0.286. The van der Waals surface area contributed by atoms with E-state index in [4.69, 9.17) is 10.5 Å². The van der Waals surface area contributed by atoms with E-state index in [0.717, 1.165) is 14.2 Å². The summed E-state index contributed by atoms with van der Waals surface area (Å²) in [6.45, 7) is 0. The molecule has 0 aliphatic rings. The molecule has 3 amide bonds. The van der Waals surface area contributed by atoms with E-state index >= 15 is 0 Å². The van der Waals surface area contributed by atoms with Gasteiger partial charge in [-0.15, -0.1) is 0 Å². The van der Waals surface area contributed by atoms with Gasteiger partial charge in [0.15, 0.2) is 12.1 Å². The molecule has 0 aliphatic heterocycles. The number of benzene rings is 2. The summed E-state index contributed by atoms with van der Waals surface area (Å²) in [5, 5.41) is 15.6. The summed E-state index contributed by atoms with van der Waals surface area (Å²) in [6, 6.07) is 9.21. The van der Waals surface area contributed by atoms with E-state index in [1.807, 2.05) is 0 Å². The van der Waals surface area contributed by atoms with Crippen LogP contribution in [0.15, 0.2) is 48.5 Å². The number of nitro benzene ring substituents is 1. The number of nitrogens with two attached hydrogens (primary N) is 1. The smallest absolute Gasteiger partial charge is 0.331 e. The van der Waals surface area contributed by atoms with Gasteiger partial charge >= 0.3 is 5.97 Å². The largest absolute Gasteiger partial charge is 0.467 e. The van der Waals surface area contributed by atoms with Crippen molar-refractivity contribution in [3.05, 3.63) is 69.8 Å². The topological polar surface area (TPSA) is 180 Å². The van der Waals surface area contributed by atoms with Crippen molar-refractivity contribution in [3.8, 4) is 0 Å². The third kappa shape index (κ3) is 5.86. The molecule has 0 spiro atoms. The molecule has 0 aromatic heterocycles. The Balaban J connectivity index is 2.09. The van der Waals surface area contributed by atoms with Gasteiger partial charge in [0.2, 0.25) is 5.91 Å². The van der Waals surface area contributed by atoms with Crippen LogP contribution < -0.4 is 16.4 Å². The van der Waals surface area contributed by atoms with Gasteiger partial charge in [-0.3, -0.25) is 24.5 Å². The van der Waals surface area contributed by atoms with Gasteiger partial charge in [0.1, 0.15) is 0 Å². The minimum absolute atomic E-state index is 0.117. The molecular weight excluding hydrogens is 424 g/mol. The third-order valence-electron chi connectivity index (χ3n) is 4.32. The van der Waals surface area contributed by atoms with Gasteiger partial charge in [-0.25, -0.2) is 4.79 Å². The van der Waals surface area contributed by atoms with Crippen molar-refractivity contribution in [1.29, 1.82) is 0 Å². The molecule has 12 nitrogen and oxygen atoms in total. The third-order valence-corrected chi connectivity index (χ3v) is 4.32. The Morgan fingerprint density at radius 3 is 1.94 bits per heavy atom. The van der Waals surface area contributed by atoms with Gasteiger partial charge in [0, 0.05) is 36.1 Å². The van der Waals surface area contributed by atoms with Crippen molar-refractivity contribution in [3.63, 3.8) is 0 Å². The fourth-order valence-corrected chi connectivity index (χ4v) is 2.67. The van der Waals surface area contributed by atoms with Gasteiger partial charge in [0.05, 0.1) is 12.0 Å². The molecule has 0 fully saturated rings. The van der Waals surface area contributed by atoms with E-state index < -0.39 is 40.8 Å². The summed E-state index contributed by atoms with van der Waals surface area (Å²) in [5.41, 5.74) is 5.72. The summed E-state index contributed by atoms with van der Waals surface area (Å²) in [5.74, 6) is -3.10. The summed E-state index contributed by atoms with van der Waals surface area (Å²) in [6.07, 6.45) is -1.44. The molecule has 2 rings (SSSR count). The minimum atomic E-state index is -1.46. The van der Waals surface area contributed by atoms with Crippen molar-refractivity contribution in [2.24, 2.45) is 5.73 Å². The summed E-state index contributed by atoms with van der Waals surface area (Å²) >= 11 is 0. The number of esters is 1. The Kier molecular flexibility index (Phi) is 7.96. The van der Waals surface area contributed by atoms with Gasteiger partial charge in [-0.05, 0) is 36.4 Å². The zero-order valence-electron chi connectivity index (χ0n) is 17.1. The van der Waals surface area contributed by atoms with Crippen LogP contribution in [-0.2, 0) is 19.1 Å². The lowest BCUT2D eigenvalue weighted by Crippen LogP contribution is -2.54. The van der Waals surface area contributed by atoms with E-state index in [1.165, 1.54) is 48.5 Å². The maximum atomic E-state index is 12.5. The molecule has 0 saturated carbocycles. The van der Waals surface area contributed by atoms with E-state index in [2.05, 4.69) is 15.4 Å². The van der Waals surface area contributed by atoms with E-state index in [9.17, 15) is 29.3 Å². The van der Waals surface area contributed by atoms with Crippen molar-refractivity contribution < 1.29 is 33.6 Å². The van der Waals surface area contributed by atoms with Crippen LogP contribution >= 0.6 is 0 Å². The van der Waals surface area contributed by atoms with Crippen LogP contribution in [0, 0.1) is 10.1 Å². The molecule has 4 N–H and O–H groups in total. The second-order valence-electron chi connectivity index (χ2n) is 6.37. The number of carbonyl (C=O) groups excluding carboxylic acids is 4. The van der Waals surface area contributed by atoms with Crippen LogP contribution in [0.3, 0.4) is 0 Å². The first-order valence-corrected chi connectivity index (χ1v) is 9.04. The van der Waals surface area contributed by atoms with E-state index in [1.54, 1.807) is 0 Å². The van der Waals surface area contributed by atoms with Gasteiger partial charge in [-0.2, -0.15) is 0 Å². The number of hydrogen-bond acceptors (Lipinski definition) is 8. The molecule has 168 valence electrons. The molecule has 12 heteroatoms. The van der Waals surface area contributed by atoms with Gasteiger partial charge in [0.25, 0.3) is 17.5 Å². The van der Waals surface area contributed by atoms with Crippen molar-refractivity contribution in [1.82, 2.24) is 5.32 Å². The zero-order valence-corrected chi connectivity index (χ0v) is 17.1. The lowest BCUT2D eigenvalue weighted by atomic mass is 10.1. The first-order chi connectivity index (χ1) is 15.2. The second-order valence-corrected chi connectivity index (χ2v) is 6.37. The van der Waals surface area contributed by atoms with Crippen LogP contribution in [0.4, 0.5) is 11.4 Å². The van der Waals surface area contributed by atoms with Crippen LogP contribution in [0.1, 0.15) is 20.7 Å². The number of amides is 3. The molecule has 2 aromatic carbocycles. The molecule has 2 aromatic rings. The van der Waals surface area contributed by atoms with Gasteiger partial charge < -0.3 is 25.8 Å². The average Bonchev–Trinajstić information content (AvgIpc) is 2.78. The Hall–Kier alpha value is -4.32. The molecule has 2 atom stereocenters. The number of ether oxygens (including phenoxy) is 2. The number of nitrogens with zero attached hydrogens (tertiary/aromatic N) is 1. The monoisotopic (exact) mass is 444 g/mol. The van der Waals surface area contributed by atoms with Crippen LogP contribution in [0.5, 0.6) is 0 Å². The van der Waals surface area contributed by atoms with Crippen molar-refractivity contribution >= 4 is 35.1 Å². The number of anilines is 1. The summed E-state index contributed by atoms with van der Waals surface area (Å²) < 4.78 is 9.47. The Morgan fingerprint density at radius 1 is 0.938 bits per heavy atom. The minimum Gasteiger partial charge on any atom is -0.467 e. The highest BCUT2D eigenvalue weighted by atomic mass is 16.6. The second kappa shape index (κ2) is 10.6. The first-order valence-electron chi connectivity index (χ1n) is 9.04. The number of nitrogens with one attached hydrogen (secondary N) is 2. The van der Waals surface area contributed by atoms with Crippen molar-refractivity contribution in [2.75, 3.05) is 19.5 Å². The number of nitro groups is 1. The number of primary amides is 1. The lowest BCUT2D eigenvalue weighted by Gasteiger charge is -2.22. The highest BCUT2D eigenvalue weighted by Crippen LogP contribution is 2.15. The highest BCUT2D eigenvalue weighted by molar-refractivity contribution is 6.05. The Bertz CT molecular complexity index is 1020. The van der Waals surface area contributed by atoms with Crippen molar-refractivity contribution in [2.45, 2.75) is 12.1 Å².